The van der Waals surface area contributed by atoms with E-state index in [0.717, 1.165) is 61.9 Å². The lowest BCUT2D eigenvalue weighted by atomic mass is 10.0. The van der Waals surface area contributed by atoms with E-state index in [1.165, 1.54) is 5.56 Å². The van der Waals surface area contributed by atoms with Gasteiger partial charge in [0.15, 0.2) is 0 Å². The van der Waals surface area contributed by atoms with Crippen LogP contribution in [0.2, 0.25) is 0 Å². The number of imidazole rings is 1. The van der Waals surface area contributed by atoms with Crippen LogP contribution in [0.3, 0.4) is 0 Å². The number of para-hydroxylation sites is 1. The number of nitrogens with one attached hydrogen (secondary N) is 1. The van der Waals surface area contributed by atoms with Crippen LogP contribution < -0.4 is 4.90 Å². The topological polar surface area (TPSA) is 69.3 Å². The number of hydrogen-bond donors (Lipinski definition) is 1. The third-order valence-corrected chi connectivity index (χ3v) is 9.65. The highest BCUT2D eigenvalue weighted by Gasteiger charge is 2.38. The number of benzene rings is 2. The first-order chi connectivity index (χ1) is 16.6. The van der Waals surface area contributed by atoms with Crippen molar-refractivity contribution in [2.45, 2.75) is 69.3 Å². The Kier molecular flexibility index (Phi) is 7.02. The van der Waals surface area contributed by atoms with E-state index in [9.17, 15) is 8.42 Å². The monoisotopic (exact) mass is 478 g/mol. The lowest BCUT2D eigenvalue weighted by Gasteiger charge is -2.35. The van der Waals surface area contributed by atoms with Gasteiger partial charge in [0.1, 0.15) is 0 Å². The zero-order valence-electron chi connectivity index (χ0n) is 19.6. The molecule has 2 aliphatic rings. The summed E-state index contributed by atoms with van der Waals surface area (Å²) in [6.45, 7) is 1.62. The van der Waals surface area contributed by atoms with E-state index in [2.05, 4.69) is 57.3 Å². The first-order valence-electron chi connectivity index (χ1n) is 12.5. The third kappa shape index (κ3) is 5.05. The van der Waals surface area contributed by atoms with Crippen LogP contribution in [0.25, 0.3) is 0 Å². The Morgan fingerprint density at radius 1 is 0.971 bits per heavy atom. The molecule has 180 valence electrons. The summed E-state index contributed by atoms with van der Waals surface area (Å²) in [5.74, 6) is 0. The van der Waals surface area contributed by atoms with E-state index in [4.69, 9.17) is 0 Å². The number of aromatic amines is 1. The van der Waals surface area contributed by atoms with Gasteiger partial charge in [-0.05, 0) is 42.9 Å². The van der Waals surface area contributed by atoms with E-state index in [-0.39, 0.29) is 11.3 Å². The molecule has 1 aromatic heterocycles. The van der Waals surface area contributed by atoms with Crippen LogP contribution in [0, 0.1) is 0 Å². The molecule has 2 heterocycles. The van der Waals surface area contributed by atoms with E-state index < -0.39 is 10.0 Å². The molecule has 1 aliphatic carbocycles. The molecule has 1 fully saturated rings. The van der Waals surface area contributed by atoms with Crippen LogP contribution in [-0.2, 0) is 29.5 Å². The van der Waals surface area contributed by atoms with Crippen LogP contribution >= 0.6 is 0 Å². The molecular formula is C27H34N4O2S. The Morgan fingerprint density at radius 3 is 2.50 bits per heavy atom. The van der Waals surface area contributed by atoms with Crippen molar-refractivity contribution in [2.24, 2.45) is 0 Å². The second kappa shape index (κ2) is 10.3. The second-order valence-electron chi connectivity index (χ2n) is 9.61. The van der Waals surface area contributed by atoms with E-state index in [0.29, 0.717) is 19.6 Å². The van der Waals surface area contributed by atoms with Crippen molar-refractivity contribution in [3.63, 3.8) is 0 Å². The maximum Gasteiger partial charge on any atom is 0.217 e. The fourth-order valence-corrected chi connectivity index (χ4v) is 7.52. The molecule has 0 unspecified atom stereocenters. The van der Waals surface area contributed by atoms with Crippen LogP contribution in [0.4, 0.5) is 5.69 Å². The molecule has 7 heteroatoms. The summed E-state index contributed by atoms with van der Waals surface area (Å²) in [4.78, 5) is 9.84. The minimum Gasteiger partial charge on any atom is -0.361 e. The molecule has 0 radical (unpaired) electrons. The zero-order valence-corrected chi connectivity index (χ0v) is 20.5. The average molecular weight is 479 g/mol. The normalized spacial score (nSPS) is 20.1. The van der Waals surface area contributed by atoms with E-state index >= 15 is 0 Å². The van der Waals surface area contributed by atoms with E-state index in [1.807, 2.05) is 18.3 Å². The van der Waals surface area contributed by atoms with Gasteiger partial charge in [0, 0.05) is 31.0 Å². The summed E-state index contributed by atoms with van der Waals surface area (Å²) < 4.78 is 29.5. The van der Waals surface area contributed by atoms with Gasteiger partial charge in [-0.2, -0.15) is 4.31 Å². The molecule has 3 aromatic rings. The summed E-state index contributed by atoms with van der Waals surface area (Å²) in [5, 5.41) is -0.248. The molecular weight excluding hydrogens is 444 g/mol. The van der Waals surface area contributed by atoms with Gasteiger partial charge in [0.05, 0.1) is 23.8 Å². The number of rotatable bonds is 7. The van der Waals surface area contributed by atoms with Gasteiger partial charge in [-0.1, -0.05) is 67.8 Å². The number of sulfonamides is 1. The van der Waals surface area contributed by atoms with Gasteiger partial charge >= 0.3 is 0 Å². The smallest absolute Gasteiger partial charge is 0.217 e. The SMILES string of the molecule is O=S(=O)(C1CCCCC1)N1Cc2ccccc2N(Cc2cnc[nH]2)[C@H](CCc2ccccc2)C1. The lowest BCUT2D eigenvalue weighted by molar-refractivity contribution is 0.355. The first-order valence-corrected chi connectivity index (χ1v) is 14.0. The molecule has 1 atom stereocenters. The molecule has 1 aliphatic heterocycles. The van der Waals surface area contributed by atoms with Gasteiger partial charge in [0.2, 0.25) is 10.0 Å². The van der Waals surface area contributed by atoms with Crippen molar-refractivity contribution in [2.75, 3.05) is 11.4 Å². The van der Waals surface area contributed by atoms with Crippen molar-refractivity contribution in [3.8, 4) is 0 Å². The largest absolute Gasteiger partial charge is 0.361 e. The Labute approximate surface area is 203 Å². The number of nitrogens with zero attached hydrogens (tertiary/aromatic N) is 3. The van der Waals surface area contributed by atoms with Gasteiger partial charge in [-0.3, -0.25) is 0 Å². The summed E-state index contributed by atoms with van der Waals surface area (Å²) in [7, 11) is -3.37. The molecule has 6 nitrogen and oxygen atoms in total. The molecule has 0 saturated heterocycles. The quantitative estimate of drug-likeness (QED) is 0.525. The molecule has 0 amide bonds. The standard InChI is InChI=1S/C27H34N4O2S/c32-34(33,26-12-5-2-6-13-26)30-18-23-11-7-8-14-27(23)31(19-24-17-28-21-29-24)25(20-30)16-15-22-9-3-1-4-10-22/h1,3-4,7-11,14,17,21,25-26H,2,5-6,12-13,15-16,18-20H2,(H,28,29)/t25-/m1/s1. The van der Waals surface area contributed by atoms with Gasteiger partial charge in [-0.25, -0.2) is 13.4 Å². The molecule has 0 spiro atoms. The predicted octanol–water partition coefficient (Wildman–Crippen LogP) is 4.90. The van der Waals surface area contributed by atoms with Gasteiger partial charge < -0.3 is 9.88 Å². The highest BCUT2D eigenvalue weighted by molar-refractivity contribution is 7.89. The number of fused-ring (bicyclic) bond motifs is 1. The lowest BCUT2D eigenvalue weighted by Crippen LogP contribution is -2.46. The molecule has 34 heavy (non-hydrogen) atoms. The predicted molar refractivity (Wildman–Crippen MR) is 136 cm³/mol. The fourth-order valence-electron chi connectivity index (χ4n) is 5.47. The minimum absolute atomic E-state index is 0.0607. The highest BCUT2D eigenvalue weighted by atomic mass is 32.2. The number of hydrogen-bond acceptors (Lipinski definition) is 4. The fraction of sp³-hybridized carbons (Fsp3) is 0.444. The number of H-pyrrole nitrogens is 1. The van der Waals surface area contributed by atoms with E-state index in [1.54, 1.807) is 10.6 Å². The van der Waals surface area contributed by atoms with Crippen molar-refractivity contribution in [1.82, 2.24) is 14.3 Å². The summed E-state index contributed by atoms with van der Waals surface area (Å²) in [6.07, 6.45) is 10.1. The number of aryl methyl sites for hydroxylation is 1. The number of anilines is 1. The van der Waals surface area contributed by atoms with Crippen LogP contribution in [0.5, 0.6) is 0 Å². The van der Waals surface area contributed by atoms with Crippen LogP contribution in [0.15, 0.2) is 67.1 Å². The van der Waals surface area contributed by atoms with Crippen molar-refractivity contribution in [3.05, 3.63) is 83.9 Å². The molecule has 1 N–H and O–H groups in total. The van der Waals surface area contributed by atoms with Gasteiger partial charge in [-0.15, -0.1) is 0 Å². The molecule has 2 aromatic carbocycles. The molecule has 0 bridgehead atoms. The highest BCUT2D eigenvalue weighted by Crippen LogP contribution is 2.34. The summed E-state index contributed by atoms with van der Waals surface area (Å²) >= 11 is 0. The van der Waals surface area contributed by atoms with Gasteiger partial charge in [0.25, 0.3) is 0 Å². The Balaban J connectivity index is 1.49. The van der Waals surface area contributed by atoms with Crippen molar-refractivity contribution >= 4 is 15.7 Å². The Hall–Kier alpha value is -2.64. The summed E-state index contributed by atoms with van der Waals surface area (Å²) in [6, 6.07) is 18.8. The van der Waals surface area contributed by atoms with Crippen molar-refractivity contribution in [1.29, 1.82) is 0 Å². The minimum atomic E-state index is -3.37. The van der Waals surface area contributed by atoms with Crippen LogP contribution in [0.1, 0.15) is 55.3 Å². The molecule has 1 saturated carbocycles. The Morgan fingerprint density at radius 2 is 1.74 bits per heavy atom. The number of aromatic nitrogens is 2. The Bertz CT molecular complexity index is 1160. The van der Waals surface area contributed by atoms with Crippen LogP contribution in [-0.4, -0.2) is 40.5 Å². The molecule has 5 rings (SSSR count). The summed E-state index contributed by atoms with van der Waals surface area (Å²) in [5.41, 5.74) is 4.51. The maximum atomic E-state index is 13.8. The second-order valence-corrected chi connectivity index (χ2v) is 11.8. The average Bonchev–Trinajstić information content (AvgIpc) is 3.33. The maximum absolute atomic E-state index is 13.8. The third-order valence-electron chi connectivity index (χ3n) is 7.34. The van der Waals surface area contributed by atoms with Crippen molar-refractivity contribution < 1.29 is 8.42 Å². The first kappa shape index (κ1) is 23.1. The zero-order chi connectivity index (χ0) is 23.4.